The molecule has 0 aliphatic carbocycles. The molecule has 0 saturated carbocycles. The molecule has 0 aliphatic rings. The number of aliphatic imine (C=N–C) groups is 2. The molecule has 66 heavy (non-hydrogen) atoms. The Kier molecular flexibility index (Phi) is 27.6. The third-order valence-corrected chi connectivity index (χ3v) is 9.70. The summed E-state index contributed by atoms with van der Waals surface area (Å²) in [6.45, 7) is 8.08. The van der Waals surface area contributed by atoms with E-state index in [9.17, 15) is 58.2 Å². The molecule has 0 heterocycles. The van der Waals surface area contributed by atoms with Crippen molar-refractivity contribution in [1.82, 2.24) is 37.2 Å². The van der Waals surface area contributed by atoms with Crippen LogP contribution in [0.4, 0.5) is 0 Å². The van der Waals surface area contributed by atoms with Crippen LogP contribution < -0.4 is 71.6 Å². The Labute approximate surface area is 387 Å². The van der Waals surface area contributed by atoms with Crippen LogP contribution in [0.5, 0.6) is 0 Å². The van der Waals surface area contributed by atoms with E-state index in [0.29, 0.717) is 0 Å². The van der Waals surface area contributed by atoms with Crippen molar-refractivity contribution in [3.05, 3.63) is 0 Å². The van der Waals surface area contributed by atoms with Crippen molar-refractivity contribution >= 4 is 83.7 Å². The lowest BCUT2D eigenvalue weighted by Crippen LogP contribution is -2.61. The van der Waals surface area contributed by atoms with E-state index in [1.165, 1.54) is 6.92 Å². The molecular formula is C38H69N15O12S. The van der Waals surface area contributed by atoms with Gasteiger partial charge in [-0.1, -0.05) is 27.7 Å². The molecule has 0 rings (SSSR count). The van der Waals surface area contributed by atoms with Crippen molar-refractivity contribution in [2.45, 2.75) is 134 Å². The minimum Gasteiger partial charge on any atom is -0.481 e. The average Bonchev–Trinajstić information content (AvgIpc) is 3.20. The Morgan fingerprint density at radius 3 is 1.44 bits per heavy atom. The normalized spacial score (nSPS) is 14.6. The van der Waals surface area contributed by atoms with Gasteiger partial charge in [0.15, 0.2) is 11.9 Å². The number of nitrogens with zero attached hydrogens (tertiary/aromatic N) is 2. The number of nitrogens with one attached hydrogen (secondary N) is 7. The Bertz CT molecular complexity index is 1760. The third kappa shape index (κ3) is 24.6. The zero-order valence-corrected chi connectivity index (χ0v) is 38.7. The summed E-state index contributed by atoms with van der Waals surface area (Å²) < 4.78 is 0. The van der Waals surface area contributed by atoms with Crippen molar-refractivity contribution in [2.75, 3.05) is 18.8 Å². The van der Waals surface area contributed by atoms with Gasteiger partial charge in [0.05, 0.1) is 12.5 Å². The maximum Gasteiger partial charge on any atom is 0.326 e. The van der Waals surface area contributed by atoms with E-state index >= 15 is 0 Å². The minimum atomic E-state index is -1.54. The lowest BCUT2D eigenvalue weighted by molar-refractivity contribution is -0.143. The maximum atomic E-state index is 13.6. The van der Waals surface area contributed by atoms with E-state index in [1.54, 1.807) is 27.7 Å². The number of nitrogens with two attached hydrogens (primary N) is 6. The summed E-state index contributed by atoms with van der Waals surface area (Å²) >= 11 is 4.17. The summed E-state index contributed by atoms with van der Waals surface area (Å²) in [6, 6.07) is -11.0. The highest BCUT2D eigenvalue weighted by Gasteiger charge is 2.34. The Morgan fingerprint density at radius 1 is 0.545 bits per heavy atom. The fraction of sp³-hybridized carbons (Fsp3) is 0.684. The van der Waals surface area contributed by atoms with Gasteiger partial charge < -0.3 is 81.8 Å². The van der Waals surface area contributed by atoms with Crippen molar-refractivity contribution < 1.29 is 58.2 Å². The number of aliphatic carboxylic acids is 2. The summed E-state index contributed by atoms with van der Waals surface area (Å²) in [5.74, 6) is -11.3. The first kappa shape index (κ1) is 59.5. The quantitative estimate of drug-likeness (QED) is 0.0129. The molecular weight excluding hydrogens is 891 g/mol. The van der Waals surface area contributed by atoms with Gasteiger partial charge in [-0.25, -0.2) is 4.79 Å². The van der Waals surface area contributed by atoms with Gasteiger partial charge in [0.1, 0.15) is 42.3 Å². The number of rotatable bonds is 32. The zero-order valence-electron chi connectivity index (χ0n) is 37.8. The highest BCUT2D eigenvalue weighted by molar-refractivity contribution is 7.80. The van der Waals surface area contributed by atoms with E-state index < -0.39 is 133 Å². The second-order valence-electron chi connectivity index (χ2n) is 16.0. The number of carboxylic acid groups (broad SMARTS) is 2. The smallest absolute Gasteiger partial charge is 0.326 e. The predicted molar refractivity (Wildman–Crippen MR) is 243 cm³/mol. The fourth-order valence-electron chi connectivity index (χ4n) is 5.83. The minimum absolute atomic E-state index is 0.0105. The molecule has 0 aliphatic heterocycles. The van der Waals surface area contributed by atoms with Gasteiger partial charge in [-0.3, -0.25) is 53.1 Å². The van der Waals surface area contributed by atoms with Crippen LogP contribution in [0.1, 0.15) is 86.0 Å². The number of hydrogen-bond donors (Lipinski definition) is 16. The maximum absolute atomic E-state index is 13.6. The van der Waals surface area contributed by atoms with Gasteiger partial charge in [-0.05, 0) is 57.3 Å². The van der Waals surface area contributed by atoms with E-state index in [1.807, 2.05) is 0 Å². The fourth-order valence-corrected chi connectivity index (χ4v) is 6.08. The molecule has 374 valence electrons. The third-order valence-electron chi connectivity index (χ3n) is 9.33. The second-order valence-corrected chi connectivity index (χ2v) is 16.4. The van der Waals surface area contributed by atoms with E-state index in [0.717, 1.165) is 0 Å². The summed E-state index contributed by atoms with van der Waals surface area (Å²) in [5, 5.41) is 36.1. The van der Waals surface area contributed by atoms with Crippen molar-refractivity contribution in [3.8, 4) is 0 Å². The number of hydrogen-bond acceptors (Lipinski definition) is 14. The first-order valence-corrected chi connectivity index (χ1v) is 21.7. The number of amides is 8. The highest BCUT2D eigenvalue weighted by Crippen LogP contribution is 2.10. The largest absolute Gasteiger partial charge is 0.481 e. The van der Waals surface area contributed by atoms with Gasteiger partial charge in [-0.15, -0.1) is 0 Å². The molecule has 0 radical (unpaired) electrons. The summed E-state index contributed by atoms with van der Waals surface area (Å²) in [4.78, 5) is 136. The van der Waals surface area contributed by atoms with Gasteiger partial charge in [0.2, 0.25) is 47.3 Å². The van der Waals surface area contributed by atoms with E-state index in [-0.39, 0.29) is 68.8 Å². The van der Waals surface area contributed by atoms with Crippen LogP contribution in [0, 0.1) is 11.8 Å². The number of thiol groups is 1. The molecule has 28 heteroatoms. The Hall–Kier alpha value is -6.45. The first-order valence-electron chi connectivity index (χ1n) is 21.0. The monoisotopic (exact) mass is 959 g/mol. The Balaban J connectivity index is 6.05. The van der Waals surface area contributed by atoms with E-state index in [4.69, 9.17) is 34.4 Å². The zero-order chi connectivity index (χ0) is 50.8. The van der Waals surface area contributed by atoms with Crippen molar-refractivity contribution in [2.24, 2.45) is 56.2 Å². The van der Waals surface area contributed by atoms with Crippen LogP contribution in [-0.2, 0) is 47.9 Å². The lowest BCUT2D eigenvalue weighted by Gasteiger charge is -2.28. The second kappa shape index (κ2) is 30.6. The SMILES string of the molecule is CC(C)C[C@H](NC(=O)[C@H](C)NC(=O)[C@@H](NC(=O)[C@H](CS)NC(=O)[C@H](CCCN=C(N)N)NC(=O)[C@@H](N)CC(N)=O)C(C)C)C(=O)N[C@@H](CCC(=O)O)C(=O)N[C@@H](CCCN=C(N)N)C(=O)O. The molecule has 0 saturated heterocycles. The molecule has 0 aromatic heterocycles. The molecule has 0 fully saturated rings. The molecule has 0 spiro atoms. The van der Waals surface area contributed by atoms with Crippen LogP contribution in [0.3, 0.4) is 0 Å². The molecule has 0 unspecified atom stereocenters. The van der Waals surface area contributed by atoms with E-state index in [2.05, 4.69) is 59.8 Å². The standard InChI is InChI=1S/C38H69N15O12S/c1-17(2)14-24(33(61)49-22(10-11-27(55)56)32(60)50-23(36(64)65)9-7-13-46-38(43)44)51-29(57)19(5)47-35(63)28(18(3)4)53-34(62)25(16-66)52-31(59)21(8-6-12-45-37(41)42)48-30(58)20(39)15-26(40)54/h17-25,28,66H,6-16,39H2,1-5H3,(H2,40,54)(H,47,63)(H,48,58)(H,49,61)(H,50,60)(H,51,57)(H,52,59)(H,53,62)(H,55,56)(H,64,65)(H4,41,42,45)(H4,43,44,46)/t19-,20-,21-,22-,23-,24-,25-,28-/m0/s1. The molecule has 0 aromatic carbocycles. The number of carboxylic acids is 2. The highest BCUT2D eigenvalue weighted by atomic mass is 32.1. The summed E-state index contributed by atoms with van der Waals surface area (Å²) in [6.07, 6.45) is -1.33. The van der Waals surface area contributed by atoms with Gasteiger partial charge >= 0.3 is 11.9 Å². The number of carbonyl (C=O) groups is 10. The lowest BCUT2D eigenvalue weighted by atomic mass is 10.0. The van der Waals surface area contributed by atoms with Crippen LogP contribution in [0.25, 0.3) is 0 Å². The van der Waals surface area contributed by atoms with Crippen LogP contribution in [0.15, 0.2) is 9.98 Å². The topological polar surface area (TPSA) is 476 Å². The Morgan fingerprint density at radius 2 is 0.985 bits per heavy atom. The number of guanidine groups is 2. The average molecular weight is 960 g/mol. The first-order chi connectivity index (χ1) is 30.7. The number of carbonyl (C=O) groups excluding carboxylic acids is 8. The molecule has 8 atom stereocenters. The molecule has 8 amide bonds. The molecule has 0 aromatic rings. The van der Waals surface area contributed by atoms with Crippen molar-refractivity contribution in [1.29, 1.82) is 0 Å². The van der Waals surface area contributed by atoms with Crippen LogP contribution >= 0.6 is 12.6 Å². The van der Waals surface area contributed by atoms with Gasteiger partial charge in [-0.2, -0.15) is 12.6 Å². The van der Waals surface area contributed by atoms with Gasteiger partial charge in [0, 0.05) is 25.3 Å². The molecule has 27 nitrogen and oxygen atoms in total. The number of primary amides is 1. The van der Waals surface area contributed by atoms with Crippen molar-refractivity contribution in [3.63, 3.8) is 0 Å². The predicted octanol–water partition coefficient (Wildman–Crippen LogP) is -5.71. The van der Waals surface area contributed by atoms with Gasteiger partial charge in [0.25, 0.3) is 0 Å². The molecule has 21 N–H and O–H groups in total. The van der Waals surface area contributed by atoms with Crippen LogP contribution in [-0.4, -0.2) is 149 Å². The van der Waals surface area contributed by atoms with Crippen LogP contribution in [0.2, 0.25) is 0 Å². The summed E-state index contributed by atoms with van der Waals surface area (Å²) in [7, 11) is 0. The molecule has 0 bridgehead atoms. The summed E-state index contributed by atoms with van der Waals surface area (Å²) in [5.41, 5.74) is 32.1.